The van der Waals surface area contributed by atoms with Crippen LogP contribution >= 0.6 is 23.1 Å². The van der Waals surface area contributed by atoms with Crippen LogP contribution in [0.1, 0.15) is 10.4 Å². The van der Waals surface area contributed by atoms with Crippen LogP contribution in [0.5, 0.6) is 0 Å². The number of thiophene rings is 1. The molecule has 0 bridgehead atoms. The number of thioether (sulfide) groups is 1. The summed E-state index contributed by atoms with van der Waals surface area (Å²) in [6.07, 6.45) is 0.708. The molecule has 4 rings (SSSR count). The Morgan fingerprint density at radius 1 is 1.07 bits per heavy atom. The number of benzene rings is 2. The second-order valence-corrected chi connectivity index (χ2v) is 8.20. The molecule has 0 fully saturated rings. The normalized spacial score (nSPS) is 11.2. The summed E-state index contributed by atoms with van der Waals surface area (Å²) in [6.45, 7) is 0.477. The van der Waals surface area contributed by atoms with Crippen molar-refractivity contribution >= 4 is 34.0 Å². The fourth-order valence-electron chi connectivity index (χ4n) is 2.93. The van der Waals surface area contributed by atoms with Crippen LogP contribution < -0.4 is 5.56 Å². The Kier molecular flexibility index (Phi) is 5.54. The largest absolute Gasteiger partial charge is 0.287 e. The van der Waals surface area contributed by atoms with E-state index in [1.807, 2.05) is 29.6 Å². The molecular weight excluding hydrogens is 398 g/mol. The van der Waals surface area contributed by atoms with Gasteiger partial charge in [0, 0.05) is 22.7 Å². The van der Waals surface area contributed by atoms with Gasteiger partial charge in [-0.05, 0) is 48.2 Å². The van der Waals surface area contributed by atoms with Gasteiger partial charge in [-0.25, -0.2) is 13.8 Å². The molecule has 2 heterocycles. The number of fused-ring (bicyclic) bond motifs is 1. The lowest BCUT2D eigenvalue weighted by molar-refractivity contribution is 0.589. The average molecular weight is 415 g/mol. The van der Waals surface area contributed by atoms with Crippen molar-refractivity contribution in [3.05, 3.63) is 92.4 Å². The lowest BCUT2D eigenvalue weighted by Crippen LogP contribution is -2.24. The van der Waals surface area contributed by atoms with Crippen LogP contribution in [-0.2, 0) is 18.7 Å². The Labute approximate surface area is 168 Å². The third-order valence-electron chi connectivity index (χ3n) is 4.35. The van der Waals surface area contributed by atoms with Crippen molar-refractivity contribution in [1.82, 2.24) is 9.55 Å². The molecule has 7 heteroatoms. The van der Waals surface area contributed by atoms with E-state index in [-0.39, 0.29) is 16.9 Å². The first-order valence-corrected chi connectivity index (χ1v) is 10.6. The van der Waals surface area contributed by atoms with Crippen molar-refractivity contribution in [1.29, 1.82) is 0 Å². The van der Waals surface area contributed by atoms with Crippen molar-refractivity contribution < 1.29 is 8.78 Å². The number of aromatic nitrogens is 2. The van der Waals surface area contributed by atoms with Crippen molar-refractivity contribution in [2.45, 2.75) is 23.9 Å². The van der Waals surface area contributed by atoms with Gasteiger partial charge in [0.05, 0.1) is 10.9 Å². The van der Waals surface area contributed by atoms with Gasteiger partial charge in [0.1, 0.15) is 11.6 Å². The van der Waals surface area contributed by atoms with E-state index in [1.54, 1.807) is 28.0 Å². The average Bonchev–Trinajstić information content (AvgIpc) is 3.22. The molecule has 3 nitrogen and oxygen atoms in total. The predicted octanol–water partition coefficient (Wildman–Crippen LogP) is 5.27. The highest BCUT2D eigenvalue weighted by molar-refractivity contribution is 7.98. The molecule has 0 unspecified atom stereocenters. The third kappa shape index (κ3) is 4.00. The standard InChI is InChI=1S/C21H16F2N2OS2/c22-15-7-8-18(23)14(12-15)13-28-21-24-19-6-2-1-5-17(19)20(26)25(21)10-9-16-4-3-11-27-16/h1-8,11-12H,9-10,13H2. The zero-order valence-corrected chi connectivity index (χ0v) is 16.4. The number of rotatable bonds is 6. The van der Waals surface area contributed by atoms with Crippen molar-refractivity contribution in [3.63, 3.8) is 0 Å². The molecule has 0 aliphatic carbocycles. The van der Waals surface area contributed by atoms with E-state index in [0.717, 1.165) is 12.1 Å². The van der Waals surface area contributed by atoms with E-state index < -0.39 is 11.6 Å². The van der Waals surface area contributed by atoms with Crippen molar-refractivity contribution in [3.8, 4) is 0 Å². The van der Waals surface area contributed by atoms with Crippen molar-refractivity contribution in [2.75, 3.05) is 0 Å². The van der Waals surface area contributed by atoms with Crippen LogP contribution in [0.15, 0.2) is 69.9 Å². The van der Waals surface area contributed by atoms with Crippen LogP contribution in [0.3, 0.4) is 0 Å². The highest BCUT2D eigenvalue weighted by atomic mass is 32.2. The number of nitrogens with zero attached hydrogens (tertiary/aromatic N) is 2. The lowest BCUT2D eigenvalue weighted by Gasteiger charge is -2.13. The van der Waals surface area contributed by atoms with Crippen LogP contribution in [0.2, 0.25) is 0 Å². The summed E-state index contributed by atoms with van der Waals surface area (Å²) < 4.78 is 29.1. The first-order chi connectivity index (χ1) is 13.6. The van der Waals surface area contributed by atoms with E-state index in [1.165, 1.54) is 22.7 Å². The molecule has 2 aromatic carbocycles. The Morgan fingerprint density at radius 2 is 1.93 bits per heavy atom. The van der Waals surface area contributed by atoms with Gasteiger partial charge < -0.3 is 0 Å². The lowest BCUT2D eigenvalue weighted by atomic mass is 10.2. The molecule has 0 radical (unpaired) electrons. The molecule has 28 heavy (non-hydrogen) atoms. The first-order valence-electron chi connectivity index (χ1n) is 8.70. The highest BCUT2D eigenvalue weighted by Crippen LogP contribution is 2.24. The second kappa shape index (κ2) is 8.24. The predicted molar refractivity (Wildman–Crippen MR) is 110 cm³/mol. The molecule has 0 amide bonds. The Bertz CT molecular complexity index is 1170. The highest BCUT2D eigenvalue weighted by Gasteiger charge is 2.13. The molecule has 0 aliphatic rings. The monoisotopic (exact) mass is 414 g/mol. The Balaban J connectivity index is 1.69. The summed E-state index contributed by atoms with van der Waals surface area (Å²) in [5, 5.41) is 3.05. The zero-order chi connectivity index (χ0) is 19.5. The van der Waals surface area contributed by atoms with Gasteiger partial charge in [-0.1, -0.05) is 30.0 Å². The zero-order valence-electron chi connectivity index (χ0n) is 14.8. The van der Waals surface area contributed by atoms with Gasteiger partial charge in [0.15, 0.2) is 5.16 Å². The summed E-state index contributed by atoms with van der Waals surface area (Å²) in [7, 11) is 0. The third-order valence-corrected chi connectivity index (χ3v) is 6.31. The second-order valence-electron chi connectivity index (χ2n) is 6.22. The van der Waals surface area contributed by atoms with Gasteiger partial charge in [-0.15, -0.1) is 11.3 Å². The van der Waals surface area contributed by atoms with Gasteiger partial charge in [0.2, 0.25) is 0 Å². The summed E-state index contributed by atoms with van der Waals surface area (Å²) in [4.78, 5) is 18.8. The van der Waals surface area contributed by atoms with Gasteiger partial charge in [-0.2, -0.15) is 0 Å². The molecule has 142 valence electrons. The van der Waals surface area contributed by atoms with E-state index in [9.17, 15) is 13.6 Å². The maximum Gasteiger partial charge on any atom is 0.262 e. The van der Waals surface area contributed by atoms with Crippen molar-refractivity contribution in [2.24, 2.45) is 0 Å². The minimum Gasteiger partial charge on any atom is -0.287 e. The van der Waals surface area contributed by atoms with Crippen LogP contribution in [0.25, 0.3) is 10.9 Å². The fraction of sp³-hybridized carbons (Fsp3) is 0.143. The Hall–Kier alpha value is -2.51. The number of para-hydroxylation sites is 1. The number of hydrogen-bond acceptors (Lipinski definition) is 4. The maximum atomic E-state index is 14.0. The summed E-state index contributed by atoms with van der Waals surface area (Å²) >= 11 is 2.88. The van der Waals surface area contributed by atoms with Crippen LogP contribution in [-0.4, -0.2) is 9.55 Å². The first kappa shape index (κ1) is 18.8. The van der Waals surface area contributed by atoms with Crippen LogP contribution in [0, 0.1) is 11.6 Å². The van der Waals surface area contributed by atoms with E-state index in [0.29, 0.717) is 29.0 Å². The fourth-order valence-corrected chi connectivity index (χ4v) is 4.63. The summed E-state index contributed by atoms with van der Waals surface area (Å²) in [5.41, 5.74) is 0.726. The topological polar surface area (TPSA) is 34.9 Å². The SMILES string of the molecule is O=c1c2ccccc2nc(SCc2cc(F)ccc2F)n1CCc1cccs1. The molecule has 0 aliphatic heterocycles. The molecule has 4 aromatic rings. The Morgan fingerprint density at radius 3 is 2.75 bits per heavy atom. The number of aryl methyl sites for hydroxylation is 1. The van der Waals surface area contributed by atoms with Gasteiger partial charge in [-0.3, -0.25) is 9.36 Å². The van der Waals surface area contributed by atoms with Gasteiger partial charge >= 0.3 is 0 Å². The molecule has 0 saturated heterocycles. The van der Waals surface area contributed by atoms with E-state index >= 15 is 0 Å². The smallest absolute Gasteiger partial charge is 0.262 e. The number of hydrogen-bond donors (Lipinski definition) is 0. The number of halogens is 2. The summed E-state index contributed by atoms with van der Waals surface area (Å²) in [6, 6.07) is 14.6. The van der Waals surface area contributed by atoms with Gasteiger partial charge in [0.25, 0.3) is 5.56 Å². The molecule has 0 N–H and O–H groups in total. The quantitative estimate of drug-likeness (QED) is 0.318. The van der Waals surface area contributed by atoms with E-state index in [4.69, 9.17) is 0 Å². The summed E-state index contributed by atoms with van der Waals surface area (Å²) in [5.74, 6) is -0.770. The maximum absolute atomic E-state index is 14.0. The van der Waals surface area contributed by atoms with E-state index in [2.05, 4.69) is 4.98 Å². The minimum atomic E-state index is -0.487. The molecule has 0 atom stereocenters. The molecule has 0 spiro atoms. The molecule has 2 aromatic heterocycles. The molecular formula is C21H16F2N2OS2. The minimum absolute atomic E-state index is 0.121. The van der Waals surface area contributed by atoms with Crippen LogP contribution in [0.4, 0.5) is 8.78 Å². The molecule has 0 saturated carbocycles.